The van der Waals surface area contributed by atoms with E-state index in [1.165, 1.54) is 11.8 Å². The Bertz CT molecular complexity index is 510. The van der Waals surface area contributed by atoms with Crippen LogP contribution in [0.2, 0.25) is 0 Å². The van der Waals surface area contributed by atoms with Gasteiger partial charge in [-0.2, -0.15) is 0 Å². The van der Waals surface area contributed by atoms with Crippen LogP contribution in [0, 0.1) is 0 Å². The van der Waals surface area contributed by atoms with E-state index in [2.05, 4.69) is 20.8 Å². The van der Waals surface area contributed by atoms with Crippen molar-refractivity contribution in [2.24, 2.45) is 0 Å². The first kappa shape index (κ1) is 18.3. The molecule has 1 aliphatic rings. The fraction of sp³-hybridized carbons (Fsp3) is 0.625. The zero-order chi connectivity index (χ0) is 16.6. The molecule has 0 bridgehead atoms. The molecule has 0 unspecified atom stereocenters. The van der Waals surface area contributed by atoms with Crippen molar-refractivity contribution in [2.75, 3.05) is 5.88 Å². The number of carbonyl (C=O) groups is 2. The van der Waals surface area contributed by atoms with Crippen LogP contribution >= 0.6 is 23.4 Å². The van der Waals surface area contributed by atoms with Crippen LogP contribution in [0.5, 0.6) is 0 Å². The van der Waals surface area contributed by atoms with Crippen molar-refractivity contribution in [2.45, 2.75) is 58.1 Å². The van der Waals surface area contributed by atoms with Crippen LogP contribution in [0.4, 0.5) is 0 Å². The number of Topliss-reactive ketones (excluding diaryl/α,β-unsaturated/α-hetero) is 1. The first-order chi connectivity index (χ1) is 9.46. The van der Waals surface area contributed by atoms with Gasteiger partial charge in [0.2, 0.25) is 4.93 Å². The summed E-state index contributed by atoms with van der Waals surface area (Å²) in [5, 5.41) is 0. The lowest BCUT2D eigenvalue weighted by molar-refractivity contribution is -0.145. The highest BCUT2D eigenvalue weighted by Crippen LogP contribution is 2.51. The van der Waals surface area contributed by atoms with E-state index in [4.69, 9.17) is 16.3 Å². The summed E-state index contributed by atoms with van der Waals surface area (Å²) >= 11 is 7.14. The third-order valence-electron chi connectivity index (χ3n) is 3.61. The van der Waals surface area contributed by atoms with Gasteiger partial charge in [-0.3, -0.25) is 9.59 Å². The van der Waals surface area contributed by atoms with E-state index in [0.717, 1.165) is 11.1 Å². The average molecular weight is 331 g/mol. The molecule has 1 rings (SSSR count). The van der Waals surface area contributed by atoms with E-state index in [1.54, 1.807) is 13.8 Å². The molecule has 0 amide bonds. The van der Waals surface area contributed by atoms with Crippen molar-refractivity contribution in [1.82, 2.24) is 0 Å². The summed E-state index contributed by atoms with van der Waals surface area (Å²) in [6.07, 6.45) is 0. The van der Waals surface area contributed by atoms with E-state index in [9.17, 15) is 9.59 Å². The Balaban J connectivity index is 3.53. The number of alkyl halides is 1. The fourth-order valence-electron chi connectivity index (χ4n) is 2.34. The number of rotatable bonds is 3. The molecular weight excluding hydrogens is 308 g/mol. The predicted octanol–water partition coefficient (Wildman–Crippen LogP) is 4.25. The second kappa shape index (κ2) is 6.17. The number of hydrogen-bond donors (Lipinski definition) is 0. The molecule has 0 radical (unpaired) electrons. The second-order valence-corrected chi connectivity index (χ2v) is 8.54. The van der Waals surface area contributed by atoms with E-state index in [1.807, 2.05) is 13.8 Å². The maximum absolute atomic E-state index is 12.3. The Labute approximate surface area is 136 Å². The van der Waals surface area contributed by atoms with Gasteiger partial charge in [0, 0.05) is 15.9 Å². The van der Waals surface area contributed by atoms with Crippen molar-refractivity contribution >= 4 is 35.1 Å². The first-order valence-corrected chi connectivity index (χ1v) is 8.20. The van der Waals surface area contributed by atoms with Crippen LogP contribution < -0.4 is 0 Å². The van der Waals surface area contributed by atoms with Crippen LogP contribution in [0.1, 0.15) is 48.5 Å². The lowest BCUT2D eigenvalue weighted by Gasteiger charge is -2.42. The zero-order valence-electron chi connectivity index (χ0n) is 13.7. The first-order valence-electron chi connectivity index (χ1n) is 6.85. The molecule has 1 aliphatic carbocycles. The van der Waals surface area contributed by atoms with E-state index in [-0.39, 0.29) is 16.4 Å². The minimum atomic E-state index is -0.952. The molecule has 0 aromatic heterocycles. The van der Waals surface area contributed by atoms with E-state index >= 15 is 0 Å². The highest BCUT2D eigenvalue weighted by atomic mass is 35.5. The molecule has 0 aromatic carbocycles. The Morgan fingerprint density at radius 3 is 1.90 bits per heavy atom. The monoisotopic (exact) mass is 330 g/mol. The molecule has 0 saturated carbocycles. The minimum absolute atomic E-state index is 0.0112. The summed E-state index contributed by atoms with van der Waals surface area (Å²) in [4.78, 5) is 23.2. The number of carbonyl (C=O) groups excluding carboxylic acids is 2. The van der Waals surface area contributed by atoms with Crippen LogP contribution in [-0.2, 0) is 14.3 Å². The van der Waals surface area contributed by atoms with Crippen molar-refractivity contribution in [1.29, 1.82) is 0 Å². The average Bonchev–Trinajstić information content (AvgIpc) is 2.39. The fourth-order valence-corrected chi connectivity index (χ4v) is 4.01. The summed E-state index contributed by atoms with van der Waals surface area (Å²) in [7, 11) is 0. The van der Waals surface area contributed by atoms with Crippen LogP contribution in [-0.4, -0.2) is 27.3 Å². The lowest BCUT2D eigenvalue weighted by atomic mass is 9.85. The van der Waals surface area contributed by atoms with E-state index < -0.39 is 10.9 Å². The molecule has 0 aromatic rings. The van der Waals surface area contributed by atoms with Gasteiger partial charge in [0.1, 0.15) is 5.88 Å². The predicted molar refractivity (Wildman–Crippen MR) is 88.6 cm³/mol. The van der Waals surface area contributed by atoms with Gasteiger partial charge >= 0.3 is 5.97 Å². The normalized spacial score (nSPS) is 19.1. The molecule has 0 heterocycles. The number of ketones is 1. The third-order valence-corrected chi connectivity index (χ3v) is 5.42. The summed E-state index contributed by atoms with van der Waals surface area (Å²) in [5.41, 5.74) is 2.82. The molecule has 3 nitrogen and oxygen atoms in total. The topological polar surface area (TPSA) is 43.4 Å². The Morgan fingerprint density at radius 1 is 1.14 bits per heavy atom. The van der Waals surface area contributed by atoms with Gasteiger partial charge in [-0.25, -0.2) is 0 Å². The van der Waals surface area contributed by atoms with Gasteiger partial charge in [-0.05, 0) is 38.8 Å². The van der Waals surface area contributed by atoms with Gasteiger partial charge in [0.25, 0.3) is 0 Å². The summed E-state index contributed by atoms with van der Waals surface area (Å²) < 4.78 is 5.59. The smallest absolute Gasteiger partial charge is 0.322 e. The largest absolute Gasteiger partial charge is 0.439 e. The van der Waals surface area contributed by atoms with Gasteiger partial charge in [0.05, 0.1) is 0 Å². The quantitative estimate of drug-likeness (QED) is 0.441. The molecule has 0 atom stereocenters. The van der Waals surface area contributed by atoms with Crippen molar-refractivity contribution in [3.63, 3.8) is 0 Å². The van der Waals surface area contributed by atoms with Gasteiger partial charge in [0.15, 0.2) is 5.78 Å². The summed E-state index contributed by atoms with van der Waals surface area (Å²) in [5.74, 6) is -0.682. The number of esters is 1. The molecule has 5 heteroatoms. The number of thioether (sulfide) groups is 1. The molecule has 0 fully saturated rings. The number of hydrogen-bond acceptors (Lipinski definition) is 4. The Kier molecular flexibility index (Phi) is 5.38. The molecule has 0 aliphatic heterocycles. The standard InChI is InChI=1S/C16H23ClO3S/c1-9-11(3)16(20-13(18)8-17,21-15(5,6)7)12(4)10(2)14(9)19/h8H2,1-7H3. The van der Waals surface area contributed by atoms with E-state index in [0.29, 0.717) is 11.1 Å². The van der Waals surface area contributed by atoms with Gasteiger partial charge in [-0.1, -0.05) is 32.5 Å². The molecule has 21 heavy (non-hydrogen) atoms. The third kappa shape index (κ3) is 3.54. The number of ether oxygens (including phenoxy) is 1. The molecule has 118 valence electrons. The number of allylic oxidation sites excluding steroid dienone is 2. The SMILES string of the molecule is CC1=C(C)C(OC(=O)CCl)(SC(C)(C)C)C(C)=C(C)C1=O. The van der Waals surface area contributed by atoms with Gasteiger partial charge in [-0.15, -0.1) is 11.6 Å². The maximum Gasteiger partial charge on any atom is 0.322 e. The summed E-state index contributed by atoms with van der Waals surface area (Å²) in [6.45, 7) is 13.4. The van der Waals surface area contributed by atoms with Crippen LogP contribution in [0.3, 0.4) is 0 Å². The molecule has 0 saturated heterocycles. The molecule has 0 N–H and O–H groups in total. The summed E-state index contributed by atoms with van der Waals surface area (Å²) in [6, 6.07) is 0. The van der Waals surface area contributed by atoms with Crippen molar-refractivity contribution < 1.29 is 14.3 Å². The van der Waals surface area contributed by atoms with Crippen LogP contribution in [0.25, 0.3) is 0 Å². The van der Waals surface area contributed by atoms with Gasteiger partial charge < -0.3 is 4.74 Å². The molecule has 0 spiro atoms. The Hall–Kier alpha value is -0.740. The molecular formula is C16H23ClO3S. The highest BCUT2D eigenvalue weighted by Gasteiger charge is 2.47. The van der Waals surface area contributed by atoms with Crippen molar-refractivity contribution in [3.8, 4) is 0 Å². The minimum Gasteiger partial charge on any atom is -0.439 e. The zero-order valence-corrected chi connectivity index (χ0v) is 15.3. The lowest BCUT2D eigenvalue weighted by Crippen LogP contribution is -2.42. The van der Waals surface area contributed by atoms with Crippen LogP contribution in [0.15, 0.2) is 22.3 Å². The number of halogens is 1. The Morgan fingerprint density at radius 2 is 1.57 bits per heavy atom. The second-order valence-electron chi connectivity index (χ2n) is 6.27. The highest BCUT2D eigenvalue weighted by molar-refractivity contribution is 8.02. The maximum atomic E-state index is 12.3. The van der Waals surface area contributed by atoms with Crippen molar-refractivity contribution in [3.05, 3.63) is 22.3 Å².